The fourth-order valence-electron chi connectivity index (χ4n) is 7.13. The van der Waals surface area contributed by atoms with Crippen molar-refractivity contribution < 1.29 is 15.0 Å². The van der Waals surface area contributed by atoms with Gasteiger partial charge >= 0.3 is 0 Å². The van der Waals surface area contributed by atoms with Crippen LogP contribution in [0.1, 0.15) is 65.2 Å². The SMILES string of the molecule is CC12CC(O)C3C(CCC4CC(O)CC[C@@]43C)C1CCC2=O. The van der Waals surface area contributed by atoms with Crippen molar-refractivity contribution in [1.29, 1.82) is 0 Å². The third-order valence-electron chi connectivity index (χ3n) is 8.28. The first-order valence-corrected chi connectivity index (χ1v) is 9.25. The molecule has 4 fully saturated rings. The van der Waals surface area contributed by atoms with Crippen molar-refractivity contribution in [1.82, 2.24) is 0 Å². The number of rotatable bonds is 0. The molecule has 0 saturated heterocycles. The van der Waals surface area contributed by atoms with Crippen molar-refractivity contribution >= 4 is 5.78 Å². The minimum absolute atomic E-state index is 0.145. The molecule has 4 rings (SSSR count). The highest BCUT2D eigenvalue weighted by atomic mass is 16.3. The van der Waals surface area contributed by atoms with E-state index in [2.05, 4.69) is 13.8 Å². The van der Waals surface area contributed by atoms with Gasteiger partial charge in [-0.25, -0.2) is 0 Å². The smallest absolute Gasteiger partial charge is 0.139 e. The van der Waals surface area contributed by atoms with Gasteiger partial charge in [-0.2, -0.15) is 0 Å². The lowest BCUT2D eigenvalue weighted by atomic mass is 9.44. The second-order valence-corrected chi connectivity index (χ2v) is 9.16. The molecule has 4 aliphatic rings. The molecule has 124 valence electrons. The van der Waals surface area contributed by atoms with Crippen molar-refractivity contribution in [2.75, 3.05) is 0 Å². The van der Waals surface area contributed by atoms with Crippen molar-refractivity contribution in [3.05, 3.63) is 0 Å². The van der Waals surface area contributed by atoms with Gasteiger partial charge in [-0.05, 0) is 74.0 Å². The molecule has 3 heteroatoms. The van der Waals surface area contributed by atoms with Gasteiger partial charge in [0.2, 0.25) is 0 Å². The molecule has 4 aliphatic carbocycles. The fraction of sp³-hybridized carbons (Fsp3) is 0.947. The van der Waals surface area contributed by atoms with Gasteiger partial charge in [-0.15, -0.1) is 0 Å². The van der Waals surface area contributed by atoms with Gasteiger partial charge in [0.25, 0.3) is 0 Å². The topological polar surface area (TPSA) is 57.5 Å². The third kappa shape index (κ3) is 1.84. The summed E-state index contributed by atoms with van der Waals surface area (Å²) in [6.07, 6.45) is 7.08. The number of hydrogen-bond acceptors (Lipinski definition) is 3. The van der Waals surface area contributed by atoms with E-state index in [9.17, 15) is 15.0 Å². The van der Waals surface area contributed by atoms with E-state index in [1.807, 2.05) is 0 Å². The highest BCUT2D eigenvalue weighted by molar-refractivity contribution is 5.87. The van der Waals surface area contributed by atoms with Gasteiger partial charge in [-0.1, -0.05) is 13.8 Å². The van der Waals surface area contributed by atoms with Crippen molar-refractivity contribution in [3.63, 3.8) is 0 Å². The van der Waals surface area contributed by atoms with E-state index in [-0.39, 0.29) is 23.0 Å². The first-order valence-electron chi connectivity index (χ1n) is 9.25. The summed E-state index contributed by atoms with van der Waals surface area (Å²) in [5.41, 5.74) is -0.105. The second-order valence-electron chi connectivity index (χ2n) is 9.16. The summed E-state index contributed by atoms with van der Waals surface area (Å²) in [4.78, 5) is 12.4. The molecular formula is C19H30O3. The molecule has 0 aromatic rings. The van der Waals surface area contributed by atoms with Crippen LogP contribution in [0.25, 0.3) is 0 Å². The number of aliphatic hydroxyl groups excluding tert-OH is 2. The number of carbonyl (C=O) groups excluding carboxylic acids is 1. The molecule has 3 nitrogen and oxygen atoms in total. The van der Waals surface area contributed by atoms with Crippen LogP contribution in [0.2, 0.25) is 0 Å². The Hall–Kier alpha value is -0.410. The lowest BCUT2D eigenvalue weighted by Crippen LogP contribution is -2.59. The average molecular weight is 306 g/mol. The van der Waals surface area contributed by atoms with Gasteiger partial charge in [-0.3, -0.25) is 4.79 Å². The Bertz CT molecular complexity index is 489. The lowest BCUT2D eigenvalue weighted by molar-refractivity contribution is -0.175. The predicted molar refractivity (Wildman–Crippen MR) is 84.1 cm³/mol. The molecule has 2 N–H and O–H groups in total. The van der Waals surface area contributed by atoms with Crippen molar-refractivity contribution in [2.24, 2.45) is 34.5 Å². The van der Waals surface area contributed by atoms with Crippen molar-refractivity contribution in [2.45, 2.75) is 77.4 Å². The van der Waals surface area contributed by atoms with E-state index in [0.29, 0.717) is 35.9 Å². The summed E-state index contributed by atoms with van der Waals surface area (Å²) < 4.78 is 0. The molecule has 0 bridgehead atoms. The van der Waals surface area contributed by atoms with Crippen LogP contribution in [-0.2, 0) is 4.79 Å². The number of Topliss-reactive ketones (excluding diaryl/α,β-unsaturated/α-hetero) is 1. The number of fused-ring (bicyclic) bond motifs is 5. The molecule has 0 aliphatic heterocycles. The molecule has 22 heavy (non-hydrogen) atoms. The molecule has 0 radical (unpaired) electrons. The summed E-state index contributed by atoms with van der Waals surface area (Å²) >= 11 is 0. The van der Waals surface area contributed by atoms with Crippen LogP contribution < -0.4 is 0 Å². The number of carbonyl (C=O) groups is 1. The molecule has 4 saturated carbocycles. The maximum atomic E-state index is 12.4. The van der Waals surface area contributed by atoms with Gasteiger partial charge < -0.3 is 10.2 Å². The van der Waals surface area contributed by atoms with Crippen LogP contribution in [-0.4, -0.2) is 28.2 Å². The van der Waals surface area contributed by atoms with Gasteiger partial charge in [0.15, 0.2) is 0 Å². The minimum atomic E-state index is -0.337. The Morgan fingerprint density at radius 2 is 1.86 bits per heavy atom. The Balaban J connectivity index is 1.69. The normalized spacial score (nSPS) is 57.9. The Labute approximate surface area is 133 Å². The van der Waals surface area contributed by atoms with E-state index >= 15 is 0 Å². The molecule has 0 spiro atoms. The molecule has 0 aromatic heterocycles. The van der Waals surface area contributed by atoms with E-state index in [1.54, 1.807) is 0 Å². The summed E-state index contributed by atoms with van der Waals surface area (Å²) in [6, 6.07) is 0. The largest absolute Gasteiger partial charge is 0.393 e. The summed E-state index contributed by atoms with van der Waals surface area (Å²) in [7, 11) is 0. The zero-order valence-electron chi connectivity index (χ0n) is 13.9. The van der Waals surface area contributed by atoms with Crippen LogP contribution in [0, 0.1) is 34.5 Å². The van der Waals surface area contributed by atoms with Gasteiger partial charge in [0.05, 0.1) is 12.2 Å². The maximum Gasteiger partial charge on any atom is 0.139 e. The third-order valence-corrected chi connectivity index (χ3v) is 8.28. The van der Waals surface area contributed by atoms with E-state index in [4.69, 9.17) is 0 Å². The average Bonchev–Trinajstić information content (AvgIpc) is 2.75. The fourth-order valence-corrected chi connectivity index (χ4v) is 7.13. The number of ketones is 1. The Kier molecular flexibility index (Phi) is 3.30. The van der Waals surface area contributed by atoms with Gasteiger partial charge in [0.1, 0.15) is 5.78 Å². The van der Waals surface area contributed by atoms with E-state index in [0.717, 1.165) is 38.5 Å². The highest BCUT2D eigenvalue weighted by Gasteiger charge is 2.63. The predicted octanol–water partition coefficient (Wildman–Crippen LogP) is 2.93. The van der Waals surface area contributed by atoms with Crippen LogP contribution in [0.15, 0.2) is 0 Å². The maximum absolute atomic E-state index is 12.4. The molecule has 0 heterocycles. The van der Waals surface area contributed by atoms with Crippen LogP contribution >= 0.6 is 0 Å². The summed E-state index contributed by atoms with van der Waals surface area (Å²) in [6.45, 7) is 4.48. The first-order chi connectivity index (χ1) is 10.4. The Morgan fingerprint density at radius 1 is 1.09 bits per heavy atom. The summed E-state index contributed by atoms with van der Waals surface area (Å²) in [5, 5.41) is 21.0. The van der Waals surface area contributed by atoms with E-state index in [1.165, 1.54) is 6.42 Å². The summed E-state index contributed by atoms with van der Waals surface area (Å²) in [5.74, 6) is 2.27. The second kappa shape index (κ2) is 4.80. The first kappa shape index (κ1) is 15.1. The quantitative estimate of drug-likeness (QED) is 0.723. The molecule has 7 unspecified atom stereocenters. The van der Waals surface area contributed by atoms with Crippen molar-refractivity contribution in [3.8, 4) is 0 Å². The van der Waals surface area contributed by atoms with Crippen LogP contribution in [0.4, 0.5) is 0 Å². The molecule has 0 aromatic carbocycles. The minimum Gasteiger partial charge on any atom is -0.393 e. The number of hydrogen-bond donors (Lipinski definition) is 2. The zero-order chi connectivity index (χ0) is 15.7. The van der Waals surface area contributed by atoms with Crippen LogP contribution in [0.3, 0.4) is 0 Å². The van der Waals surface area contributed by atoms with Crippen LogP contribution in [0.5, 0.6) is 0 Å². The molecule has 8 atom stereocenters. The highest BCUT2D eigenvalue weighted by Crippen LogP contribution is 2.65. The zero-order valence-corrected chi connectivity index (χ0v) is 13.9. The van der Waals surface area contributed by atoms with Gasteiger partial charge in [0, 0.05) is 11.8 Å². The monoisotopic (exact) mass is 306 g/mol. The molecular weight excluding hydrogens is 276 g/mol. The van der Waals surface area contributed by atoms with E-state index < -0.39 is 0 Å². The number of aliphatic hydroxyl groups is 2. The Morgan fingerprint density at radius 3 is 2.64 bits per heavy atom. The lowest BCUT2D eigenvalue weighted by Gasteiger charge is -2.61. The standard InChI is InChI=1S/C19H30O3/c1-18-8-7-12(20)9-11(18)3-4-13-14-5-6-16(22)19(14,2)10-15(21)17(13)18/h11-15,17,20-21H,3-10H2,1-2H3/t11?,12?,13?,14?,15?,17?,18-,19?/m0/s1. The molecule has 0 amide bonds.